The van der Waals surface area contributed by atoms with E-state index in [0.717, 1.165) is 27.6 Å². The van der Waals surface area contributed by atoms with E-state index in [9.17, 15) is 4.79 Å². The number of ether oxygens (including phenoxy) is 1. The van der Waals surface area contributed by atoms with Gasteiger partial charge in [-0.3, -0.25) is 0 Å². The predicted molar refractivity (Wildman–Crippen MR) is 111 cm³/mol. The number of aromatic amines is 1. The lowest BCUT2D eigenvalue weighted by atomic mass is 9.78. The van der Waals surface area contributed by atoms with Crippen molar-refractivity contribution < 1.29 is 9.53 Å². The maximum Gasteiger partial charge on any atom is 0.356 e. The zero-order valence-corrected chi connectivity index (χ0v) is 16.0. The second-order valence-corrected chi connectivity index (χ2v) is 7.65. The fourth-order valence-corrected chi connectivity index (χ4v) is 4.19. The summed E-state index contributed by atoms with van der Waals surface area (Å²) >= 11 is 0. The molecular formula is C25H21NO2. The van der Waals surface area contributed by atoms with Crippen molar-refractivity contribution in [2.24, 2.45) is 0 Å². The molecule has 0 atom stereocenters. The molecule has 5 rings (SSSR count). The fraction of sp³-hybridized carbons (Fsp3) is 0.160. The van der Waals surface area contributed by atoms with E-state index < -0.39 is 5.60 Å². The molecule has 1 aromatic heterocycles. The van der Waals surface area contributed by atoms with Crippen molar-refractivity contribution in [1.29, 1.82) is 0 Å². The molecule has 0 unspecified atom stereocenters. The number of hydrogen-bond acceptors (Lipinski definition) is 2. The largest absolute Gasteiger partial charge is 0.444 e. The van der Waals surface area contributed by atoms with Crippen molar-refractivity contribution in [3.8, 4) is 0 Å². The van der Waals surface area contributed by atoms with Crippen molar-refractivity contribution in [3.05, 3.63) is 106 Å². The van der Waals surface area contributed by atoms with Crippen LogP contribution >= 0.6 is 0 Å². The van der Waals surface area contributed by atoms with Gasteiger partial charge in [-0.05, 0) is 25.5 Å². The zero-order valence-electron chi connectivity index (χ0n) is 16.0. The van der Waals surface area contributed by atoms with Gasteiger partial charge in [0.15, 0.2) is 5.60 Å². The molecule has 1 aliphatic rings. The summed E-state index contributed by atoms with van der Waals surface area (Å²) in [6.07, 6.45) is 0.601. The number of carbonyl (C=O) groups is 1. The summed E-state index contributed by atoms with van der Waals surface area (Å²) in [5, 5.41) is 1.08. The second-order valence-electron chi connectivity index (χ2n) is 7.65. The SMILES string of the molecule is Cc1ccc(C2(c3ccc(C)cc3)Cc3c([nH]c4ccccc34)C(=O)O2)cc1. The maximum atomic E-state index is 13.1. The number of benzene rings is 3. The molecule has 0 saturated carbocycles. The Hall–Kier alpha value is -3.33. The lowest BCUT2D eigenvalue weighted by Crippen LogP contribution is -2.40. The molecule has 0 aliphatic carbocycles. The molecule has 4 aromatic rings. The minimum atomic E-state index is -0.837. The third kappa shape index (κ3) is 2.47. The number of cyclic esters (lactones) is 1. The van der Waals surface area contributed by atoms with Crippen LogP contribution in [0.1, 0.15) is 38.3 Å². The minimum Gasteiger partial charge on any atom is -0.444 e. The van der Waals surface area contributed by atoms with Crippen molar-refractivity contribution in [2.45, 2.75) is 25.9 Å². The van der Waals surface area contributed by atoms with Crippen LogP contribution in [-0.4, -0.2) is 11.0 Å². The summed E-state index contributed by atoms with van der Waals surface area (Å²) in [7, 11) is 0. The molecule has 0 saturated heterocycles. The lowest BCUT2D eigenvalue weighted by Gasteiger charge is -2.37. The number of aryl methyl sites for hydroxylation is 2. The van der Waals surface area contributed by atoms with E-state index in [0.29, 0.717) is 12.1 Å². The van der Waals surface area contributed by atoms with Gasteiger partial charge < -0.3 is 9.72 Å². The van der Waals surface area contributed by atoms with E-state index in [2.05, 4.69) is 73.4 Å². The summed E-state index contributed by atoms with van der Waals surface area (Å²) in [6, 6.07) is 24.6. The molecule has 1 aliphatic heterocycles. The van der Waals surface area contributed by atoms with Crippen LogP contribution in [0.15, 0.2) is 72.8 Å². The van der Waals surface area contributed by atoms with E-state index in [1.165, 1.54) is 11.1 Å². The molecule has 3 heteroatoms. The van der Waals surface area contributed by atoms with Crippen LogP contribution in [0.3, 0.4) is 0 Å². The van der Waals surface area contributed by atoms with E-state index in [4.69, 9.17) is 4.74 Å². The van der Waals surface area contributed by atoms with E-state index >= 15 is 0 Å². The fourth-order valence-electron chi connectivity index (χ4n) is 4.19. The number of fused-ring (bicyclic) bond motifs is 3. The van der Waals surface area contributed by atoms with Crippen molar-refractivity contribution in [2.75, 3.05) is 0 Å². The summed E-state index contributed by atoms with van der Waals surface area (Å²) in [6.45, 7) is 4.12. The monoisotopic (exact) mass is 367 g/mol. The van der Waals surface area contributed by atoms with Gasteiger partial charge >= 0.3 is 5.97 Å². The molecule has 1 N–H and O–H groups in total. The van der Waals surface area contributed by atoms with E-state index in [1.54, 1.807) is 0 Å². The number of hydrogen-bond donors (Lipinski definition) is 1. The Morgan fingerprint density at radius 3 is 2.00 bits per heavy atom. The number of para-hydroxylation sites is 1. The summed E-state index contributed by atoms with van der Waals surface area (Å²) in [5.74, 6) is -0.307. The molecule has 3 nitrogen and oxygen atoms in total. The first-order valence-electron chi connectivity index (χ1n) is 9.54. The maximum absolute atomic E-state index is 13.1. The molecule has 0 radical (unpaired) electrons. The van der Waals surface area contributed by atoms with Crippen LogP contribution < -0.4 is 0 Å². The first kappa shape index (κ1) is 16.8. The van der Waals surface area contributed by atoms with Gasteiger partial charge in [0.1, 0.15) is 5.69 Å². The smallest absolute Gasteiger partial charge is 0.356 e. The van der Waals surface area contributed by atoms with Crippen molar-refractivity contribution >= 4 is 16.9 Å². The Kier molecular flexibility index (Phi) is 3.66. The highest BCUT2D eigenvalue weighted by Crippen LogP contribution is 2.43. The van der Waals surface area contributed by atoms with Gasteiger partial charge in [-0.15, -0.1) is 0 Å². The Labute approximate surface area is 164 Å². The quantitative estimate of drug-likeness (QED) is 0.479. The zero-order chi connectivity index (χ0) is 19.3. The third-order valence-corrected chi connectivity index (χ3v) is 5.75. The first-order valence-corrected chi connectivity index (χ1v) is 9.54. The van der Waals surface area contributed by atoms with Gasteiger partial charge in [-0.25, -0.2) is 4.79 Å². The third-order valence-electron chi connectivity index (χ3n) is 5.75. The second kappa shape index (κ2) is 6.10. The molecule has 0 fully saturated rings. The normalized spacial score (nSPS) is 15.3. The first-order chi connectivity index (χ1) is 13.6. The molecule has 0 bridgehead atoms. The van der Waals surface area contributed by atoms with Crippen LogP contribution in [0.5, 0.6) is 0 Å². The standard InChI is InChI=1S/C25H21NO2/c1-16-7-11-18(12-8-16)25(19-13-9-17(2)10-14-19)15-21-20-5-3-4-6-22(20)26-23(21)24(27)28-25/h3-14,26H,15H2,1-2H3. The topological polar surface area (TPSA) is 42.1 Å². The molecule has 28 heavy (non-hydrogen) atoms. The number of nitrogens with one attached hydrogen (secondary N) is 1. The van der Waals surface area contributed by atoms with Crippen molar-refractivity contribution in [3.63, 3.8) is 0 Å². The van der Waals surface area contributed by atoms with Gasteiger partial charge in [-0.1, -0.05) is 77.9 Å². The van der Waals surface area contributed by atoms with E-state index in [-0.39, 0.29) is 5.97 Å². The van der Waals surface area contributed by atoms with Gasteiger partial charge in [-0.2, -0.15) is 0 Å². The Balaban J connectivity index is 1.77. The Morgan fingerprint density at radius 1 is 0.821 bits per heavy atom. The molecule has 0 amide bonds. The van der Waals surface area contributed by atoms with Crippen LogP contribution in [0.25, 0.3) is 10.9 Å². The average molecular weight is 367 g/mol. The van der Waals surface area contributed by atoms with Crippen molar-refractivity contribution in [1.82, 2.24) is 4.98 Å². The lowest BCUT2D eigenvalue weighted by molar-refractivity contribution is -0.00792. The highest BCUT2D eigenvalue weighted by molar-refractivity contribution is 6.00. The molecule has 138 valence electrons. The highest BCUT2D eigenvalue weighted by Gasteiger charge is 2.45. The summed E-state index contributed by atoms with van der Waals surface area (Å²) < 4.78 is 6.21. The van der Waals surface area contributed by atoms with Crippen LogP contribution in [-0.2, 0) is 16.8 Å². The van der Waals surface area contributed by atoms with Crippen LogP contribution in [0.2, 0.25) is 0 Å². The summed E-state index contributed by atoms with van der Waals surface area (Å²) in [4.78, 5) is 16.3. The Morgan fingerprint density at radius 2 is 1.39 bits per heavy atom. The van der Waals surface area contributed by atoms with Gasteiger partial charge in [0, 0.05) is 28.5 Å². The molecule has 3 aromatic carbocycles. The molecule has 0 spiro atoms. The number of carbonyl (C=O) groups excluding carboxylic acids is 1. The molecular weight excluding hydrogens is 346 g/mol. The average Bonchev–Trinajstić information content (AvgIpc) is 3.08. The van der Waals surface area contributed by atoms with Crippen LogP contribution in [0.4, 0.5) is 0 Å². The summed E-state index contributed by atoms with van der Waals surface area (Å²) in [5.41, 5.74) is 6.06. The van der Waals surface area contributed by atoms with Gasteiger partial charge in [0.05, 0.1) is 0 Å². The highest BCUT2D eigenvalue weighted by atomic mass is 16.6. The van der Waals surface area contributed by atoms with Crippen LogP contribution in [0, 0.1) is 13.8 Å². The van der Waals surface area contributed by atoms with Gasteiger partial charge in [0.25, 0.3) is 0 Å². The number of esters is 1. The van der Waals surface area contributed by atoms with Gasteiger partial charge in [0.2, 0.25) is 0 Å². The van der Waals surface area contributed by atoms with E-state index in [1.807, 2.05) is 18.2 Å². The number of rotatable bonds is 2. The Bertz CT molecular complexity index is 1140. The number of H-pyrrole nitrogens is 1. The predicted octanol–water partition coefficient (Wildman–Crippen LogP) is 5.44. The minimum absolute atomic E-state index is 0.307. The number of aromatic nitrogens is 1. The molecule has 2 heterocycles.